The zero-order valence-corrected chi connectivity index (χ0v) is 14.0. The van der Waals surface area contributed by atoms with Crippen molar-refractivity contribution in [2.24, 2.45) is 0 Å². The van der Waals surface area contributed by atoms with E-state index in [0.717, 1.165) is 12.8 Å². The Hall–Kier alpha value is -2.34. The first-order valence-corrected chi connectivity index (χ1v) is 8.37. The van der Waals surface area contributed by atoms with Crippen molar-refractivity contribution in [1.29, 1.82) is 0 Å². The zero-order valence-electron chi connectivity index (χ0n) is 14.0. The standard InChI is InChI=1S/C23H24/c1-18-8-12-21(13-9-18)17-23(16-20-6-4-3-5-7-20)22-14-10-19(2)11-15-22/h3-15,23H,16-17H2,1-2H3. The Kier molecular flexibility index (Phi) is 4.92. The minimum atomic E-state index is 0.515. The predicted octanol–water partition coefficient (Wildman–Crippen LogP) is 5.87. The molecule has 0 aromatic heterocycles. The Balaban J connectivity index is 1.86. The van der Waals surface area contributed by atoms with Crippen molar-refractivity contribution in [2.75, 3.05) is 0 Å². The number of hydrogen-bond acceptors (Lipinski definition) is 0. The first-order chi connectivity index (χ1) is 11.2. The molecular weight excluding hydrogens is 276 g/mol. The smallest absolute Gasteiger partial charge is 0.00810 e. The van der Waals surface area contributed by atoms with Gasteiger partial charge in [0.1, 0.15) is 0 Å². The van der Waals surface area contributed by atoms with Crippen molar-refractivity contribution in [2.45, 2.75) is 32.6 Å². The van der Waals surface area contributed by atoms with E-state index in [2.05, 4.69) is 92.7 Å². The lowest BCUT2D eigenvalue weighted by Gasteiger charge is -2.18. The molecule has 0 nitrogen and oxygen atoms in total. The molecule has 0 spiro atoms. The molecule has 1 unspecified atom stereocenters. The molecule has 3 rings (SSSR count). The number of rotatable bonds is 5. The maximum Gasteiger partial charge on any atom is -0.00810 e. The average molecular weight is 300 g/mol. The van der Waals surface area contributed by atoms with Gasteiger partial charge in [0, 0.05) is 0 Å². The van der Waals surface area contributed by atoms with Crippen LogP contribution >= 0.6 is 0 Å². The molecule has 3 aromatic rings. The van der Waals surface area contributed by atoms with E-state index in [1.807, 2.05) is 0 Å². The summed E-state index contributed by atoms with van der Waals surface area (Å²) in [6, 6.07) is 28.8. The van der Waals surface area contributed by atoms with Crippen molar-refractivity contribution in [3.63, 3.8) is 0 Å². The summed E-state index contributed by atoms with van der Waals surface area (Å²) in [4.78, 5) is 0. The van der Waals surface area contributed by atoms with E-state index in [1.165, 1.54) is 27.8 Å². The van der Waals surface area contributed by atoms with Crippen LogP contribution in [-0.4, -0.2) is 0 Å². The largest absolute Gasteiger partial charge is 0.0622 e. The van der Waals surface area contributed by atoms with Crippen LogP contribution in [0.1, 0.15) is 33.7 Å². The van der Waals surface area contributed by atoms with Crippen LogP contribution in [0, 0.1) is 13.8 Å². The van der Waals surface area contributed by atoms with Crippen molar-refractivity contribution < 1.29 is 0 Å². The van der Waals surface area contributed by atoms with Gasteiger partial charge in [0.05, 0.1) is 0 Å². The molecule has 0 fully saturated rings. The Morgan fingerprint density at radius 1 is 0.565 bits per heavy atom. The van der Waals surface area contributed by atoms with Gasteiger partial charge in [0.15, 0.2) is 0 Å². The molecule has 23 heavy (non-hydrogen) atoms. The molecule has 0 amide bonds. The summed E-state index contributed by atoms with van der Waals surface area (Å²) >= 11 is 0. The Morgan fingerprint density at radius 3 is 1.61 bits per heavy atom. The second-order valence-corrected chi connectivity index (χ2v) is 6.49. The highest BCUT2D eigenvalue weighted by Gasteiger charge is 2.13. The fraction of sp³-hybridized carbons (Fsp3) is 0.217. The molecule has 116 valence electrons. The molecule has 0 saturated carbocycles. The lowest BCUT2D eigenvalue weighted by atomic mass is 9.86. The number of benzene rings is 3. The van der Waals surface area contributed by atoms with Gasteiger partial charge in [-0.3, -0.25) is 0 Å². The van der Waals surface area contributed by atoms with Gasteiger partial charge in [-0.05, 0) is 49.3 Å². The highest BCUT2D eigenvalue weighted by Crippen LogP contribution is 2.26. The number of aryl methyl sites for hydroxylation is 2. The van der Waals surface area contributed by atoms with Gasteiger partial charge in [-0.2, -0.15) is 0 Å². The van der Waals surface area contributed by atoms with Gasteiger partial charge in [-0.15, -0.1) is 0 Å². The lowest BCUT2D eigenvalue weighted by molar-refractivity contribution is 0.680. The molecule has 1 atom stereocenters. The Labute approximate surface area is 139 Å². The molecule has 0 aliphatic rings. The summed E-state index contributed by atoms with van der Waals surface area (Å²) < 4.78 is 0. The van der Waals surface area contributed by atoms with Crippen molar-refractivity contribution >= 4 is 0 Å². The normalized spacial score (nSPS) is 12.1. The average Bonchev–Trinajstić information content (AvgIpc) is 2.58. The van der Waals surface area contributed by atoms with E-state index in [0.29, 0.717) is 5.92 Å². The van der Waals surface area contributed by atoms with Crippen LogP contribution in [0.2, 0.25) is 0 Å². The second kappa shape index (κ2) is 7.28. The fourth-order valence-corrected chi connectivity index (χ4v) is 3.05. The summed E-state index contributed by atoms with van der Waals surface area (Å²) in [6.07, 6.45) is 2.16. The first kappa shape index (κ1) is 15.6. The third-order valence-electron chi connectivity index (χ3n) is 4.48. The quantitative estimate of drug-likeness (QED) is 0.552. The summed E-state index contributed by atoms with van der Waals surface area (Å²) in [5, 5.41) is 0. The highest BCUT2D eigenvalue weighted by atomic mass is 14.2. The summed E-state index contributed by atoms with van der Waals surface area (Å²) in [5.41, 5.74) is 6.90. The maximum absolute atomic E-state index is 2.29. The second-order valence-electron chi connectivity index (χ2n) is 6.49. The van der Waals surface area contributed by atoms with Gasteiger partial charge in [0.25, 0.3) is 0 Å². The van der Waals surface area contributed by atoms with Gasteiger partial charge in [-0.25, -0.2) is 0 Å². The van der Waals surface area contributed by atoms with E-state index >= 15 is 0 Å². The van der Waals surface area contributed by atoms with Crippen molar-refractivity contribution in [3.05, 3.63) is 107 Å². The van der Waals surface area contributed by atoms with Crippen molar-refractivity contribution in [1.82, 2.24) is 0 Å². The van der Waals surface area contributed by atoms with Gasteiger partial charge >= 0.3 is 0 Å². The molecule has 0 bridgehead atoms. The van der Waals surface area contributed by atoms with E-state index < -0.39 is 0 Å². The van der Waals surface area contributed by atoms with E-state index in [9.17, 15) is 0 Å². The van der Waals surface area contributed by atoms with Crippen LogP contribution in [0.4, 0.5) is 0 Å². The van der Waals surface area contributed by atoms with Crippen LogP contribution in [-0.2, 0) is 12.8 Å². The minimum Gasteiger partial charge on any atom is -0.0622 e. The molecule has 3 aromatic carbocycles. The predicted molar refractivity (Wildman–Crippen MR) is 98.9 cm³/mol. The van der Waals surface area contributed by atoms with Gasteiger partial charge < -0.3 is 0 Å². The van der Waals surface area contributed by atoms with Crippen LogP contribution in [0.5, 0.6) is 0 Å². The Bertz CT molecular complexity index is 721. The SMILES string of the molecule is Cc1ccc(CC(Cc2ccccc2)c2ccc(C)cc2)cc1. The molecule has 0 heterocycles. The summed E-state index contributed by atoms with van der Waals surface area (Å²) in [6.45, 7) is 4.29. The van der Waals surface area contributed by atoms with Crippen LogP contribution in [0.3, 0.4) is 0 Å². The summed E-state index contributed by atoms with van der Waals surface area (Å²) in [7, 11) is 0. The first-order valence-electron chi connectivity index (χ1n) is 8.37. The minimum absolute atomic E-state index is 0.515. The van der Waals surface area contributed by atoms with E-state index in [4.69, 9.17) is 0 Å². The molecule has 0 saturated heterocycles. The van der Waals surface area contributed by atoms with Crippen LogP contribution < -0.4 is 0 Å². The molecule has 0 aliphatic heterocycles. The summed E-state index contributed by atoms with van der Waals surface area (Å²) in [5.74, 6) is 0.515. The fourth-order valence-electron chi connectivity index (χ4n) is 3.05. The van der Waals surface area contributed by atoms with E-state index in [1.54, 1.807) is 0 Å². The third-order valence-corrected chi connectivity index (χ3v) is 4.48. The van der Waals surface area contributed by atoms with Crippen LogP contribution in [0.15, 0.2) is 78.9 Å². The van der Waals surface area contributed by atoms with E-state index in [-0.39, 0.29) is 0 Å². The van der Waals surface area contributed by atoms with Crippen molar-refractivity contribution in [3.8, 4) is 0 Å². The van der Waals surface area contributed by atoms with Gasteiger partial charge in [0.2, 0.25) is 0 Å². The molecule has 0 radical (unpaired) electrons. The molecular formula is C23H24. The highest BCUT2D eigenvalue weighted by molar-refractivity contribution is 5.30. The lowest BCUT2D eigenvalue weighted by Crippen LogP contribution is -2.07. The van der Waals surface area contributed by atoms with Gasteiger partial charge in [-0.1, -0.05) is 90.0 Å². The third kappa shape index (κ3) is 4.32. The maximum atomic E-state index is 2.29. The molecule has 0 N–H and O–H groups in total. The topological polar surface area (TPSA) is 0 Å². The zero-order chi connectivity index (χ0) is 16.1. The molecule has 0 heteroatoms. The number of hydrogen-bond donors (Lipinski definition) is 0. The Morgan fingerprint density at radius 2 is 1.04 bits per heavy atom. The van der Waals surface area contributed by atoms with Crippen LogP contribution in [0.25, 0.3) is 0 Å². The monoisotopic (exact) mass is 300 g/mol. The molecule has 0 aliphatic carbocycles.